The second-order valence-electron chi connectivity index (χ2n) is 10.7. The molecule has 224 valence electrons. The summed E-state index contributed by atoms with van der Waals surface area (Å²) >= 11 is 0. The molecule has 0 heterocycles. The number of hydrogen-bond acceptors (Lipinski definition) is 6. The van der Waals surface area contributed by atoms with Crippen LogP contribution >= 0.6 is 0 Å². The molecule has 0 aliphatic heterocycles. The SMILES string of the molecule is O=C1C(C(C2=CC=CC(S(=O)(=O)c3ccccc3)C2=O)(c2ccccc2)c2ccccc2)=CC=CC1S(=O)(=O)c1ccccc1. The lowest BCUT2D eigenvalue weighted by atomic mass is 9.60. The molecule has 45 heavy (non-hydrogen) atoms. The van der Waals surface area contributed by atoms with Crippen molar-refractivity contribution < 1.29 is 26.4 Å². The maximum atomic E-state index is 14.6. The van der Waals surface area contributed by atoms with E-state index < -0.39 is 47.2 Å². The summed E-state index contributed by atoms with van der Waals surface area (Å²) in [5.74, 6) is -1.42. The standard InChI is InChI=1S/C37H28O6S2/c38-35-31(23-13-25-33(35)44(40,41)29-19-9-3-10-20-29)37(27-15-5-1-6-16-27,28-17-7-2-8-18-28)32-24-14-26-34(36(32)39)45(42,43)30-21-11-4-12-22-30/h1-26,33-34H. The Morgan fingerprint density at radius 2 is 0.756 bits per heavy atom. The lowest BCUT2D eigenvalue weighted by Gasteiger charge is -2.41. The molecule has 0 amide bonds. The van der Waals surface area contributed by atoms with E-state index in [1.807, 2.05) is 0 Å². The number of benzene rings is 4. The van der Waals surface area contributed by atoms with Gasteiger partial charge in [0.1, 0.15) is 10.5 Å². The third-order valence-electron chi connectivity index (χ3n) is 8.18. The van der Waals surface area contributed by atoms with Crippen molar-refractivity contribution in [2.45, 2.75) is 25.7 Å². The molecule has 6 nitrogen and oxygen atoms in total. The van der Waals surface area contributed by atoms with Gasteiger partial charge in [-0.3, -0.25) is 9.59 Å². The molecule has 8 heteroatoms. The molecule has 4 aromatic carbocycles. The quantitative estimate of drug-likeness (QED) is 0.244. The van der Waals surface area contributed by atoms with Crippen molar-refractivity contribution in [2.24, 2.45) is 0 Å². The molecular weight excluding hydrogens is 605 g/mol. The minimum absolute atomic E-state index is 0.0100. The molecule has 2 aliphatic carbocycles. The van der Waals surface area contributed by atoms with Crippen LogP contribution in [0.3, 0.4) is 0 Å². The summed E-state index contributed by atoms with van der Waals surface area (Å²) in [6.07, 6.45) is 8.79. The summed E-state index contributed by atoms with van der Waals surface area (Å²) < 4.78 is 55.4. The highest BCUT2D eigenvalue weighted by atomic mass is 32.2. The fourth-order valence-electron chi connectivity index (χ4n) is 6.08. The van der Waals surface area contributed by atoms with Crippen LogP contribution in [0.2, 0.25) is 0 Å². The molecule has 0 saturated heterocycles. The smallest absolute Gasteiger partial charge is 0.192 e. The highest BCUT2D eigenvalue weighted by Gasteiger charge is 2.52. The molecule has 2 atom stereocenters. The maximum Gasteiger partial charge on any atom is 0.192 e. The molecule has 0 fully saturated rings. The van der Waals surface area contributed by atoms with Crippen LogP contribution in [0.5, 0.6) is 0 Å². The van der Waals surface area contributed by atoms with Gasteiger partial charge in [-0.25, -0.2) is 16.8 Å². The zero-order valence-electron chi connectivity index (χ0n) is 23.9. The fraction of sp³-hybridized carbons (Fsp3) is 0.0811. The summed E-state index contributed by atoms with van der Waals surface area (Å²) in [4.78, 5) is 29.2. The van der Waals surface area contributed by atoms with Gasteiger partial charge < -0.3 is 0 Å². The Hall–Kier alpha value is -4.92. The van der Waals surface area contributed by atoms with Crippen LogP contribution in [0.1, 0.15) is 11.1 Å². The predicted octanol–water partition coefficient (Wildman–Crippen LogP) is 5.79. The lowest BCUT2D eigenvalue weighted by molar-refractivity contribution is -0.115. The second-order valence-corrected chi connectivity index (χ2v) is 14.8. The number of hydrogen-bond donors (Lipinski definition) is 0. The van der Waals surface area contributed by atoms with Crippen molar-refractivity contribution in [1.29, 1.82) is 0 Å². The van der Waals surface area contributed by atoms with Crippen molar-refractivity contribution in [3.8, 4) is 0 Å². The normalized spacial score (nSPS) is 18.8. The van der Waals surface area contributed by atoms with E-state index in [9.17, 15) is 26.4 Å². The Bertz CT molecular complexity index is 1940. The van der Waals surface area contributed by atoms with E-state index in [1.54, 1.807) is 97.1 Å². The largest absolute Gasteiger partial charge is 0.293 e. The number of carbonyl (C=O) groups excluding carboxylic acids is 2. The van der Waals surface area contributed by atoms with Gasteiger partial charge in [0.25, 0.3) is 0 Å². The Morgan fingerprint density at radius 1 is 0.444 bits per heavy atom. The first-order valence-corrected chi connectivity index (χ1v) is 17.3. The Balaban J connectivity index is 1.60. The highest BCUT2D eigenvalue weighted by Crippen LogP contribution is 2.49. The first kappa shape index (κ1) is 30.1. The van der Waals surface area contributed by atoms with Gasteiger partial charge >= 0.3 is 0 Å². The van der Waals surface area contributed by atoms with Gasteiger partial charge in [0.15, 0.2) is 31.2 Å². The Kier molecular flexibility index (Phi) is 7.95. The van der Waals surface area contributed by atoms with Gasteiger partial charge in [-0.05, 0) is 35.4 Å². The van der Waals surface area contributed by atoms with Gasteiger partial charge in [-0.1, -0.05) is 134 Å². The molecule has 2 aliphatic rings. The maximum absolute atomic E-state index is 14.6. The monoisotopic (exact) mass is 632 g/mol. The van der Waals surface area contributed by atoms with E-state index in [0.29, 0.717) is 11.1 Å². The van der Waals surface area contributed by atoms with Crippen LogP contribution in [-0.4, -0.2) is 38.9 Å². The number of Topliss-reactive ketones (excluding diaryl/α,β-unsaturated/α-hetero) is 2. The van der Waals surface area contributed by atoms with Crippen LogP contribution < -0.4 is 0 Å². The Morgan fingerprint density at radius 3 is 1.09 bits per heavy atom. The van der Waals surface area contributed by atoms with Crippen LogP contribution in [0.25, 0.3) is 0 Å². The van der Waals surface area contributed by atoms with Crippen molar-refractivity contribution in [3.63, 3.8) is 0 Å². The topological polar surface area (TPSA) is 102 Å². The van der Waals surface area contributed by atoms with Gasteiger partial charge in [0, 0.05) is 11.1 Å². The zero-order chi connectivity index (χ0) is 31.7. The van der Waals surface area contributed by atoms with Gasteiger partial charge in [0.05, 0.1) is 15.2 Å². The van der Waals surface area contributed by atoms with Crippen molar-refractivity contribution in [1.82, 2.24) is 0 Å². The first-order valence-electron chi connectivity index (χ1n) is 14.3. The number of rotatable bonds is 8. The van der Waals surface area contributed by atoms with Crippen molar-refractivity contribution in [3.05, 3.63) is 180 Å². The summed E-state index contributed by atoms with van der Waals surface area (Å²) in [5.41, 5.74) is -0.558. The van der Waals surface area contributed by atoms with Gasteiger partial charge in [-0.15, -0.1) is 0 Å². The molecular formula is C37H28O6S2. The molecule has 0 spiro atoms. The lowest BCUT2D eigenvalue weighted by Crippen LogP contribution is -2.46. The summed E-state index contributed by atoms with van der Waals surface area (Å²) in [6, 6.07) is 33.1. The number of ketones is 2. The number of sulfone groups is 2. The van der Waals surface area contributed by atoms with Crippen LogP contribution in [0.4, 0.5) is 0 Å². The summed E-state index contributed by atoms with van der Waals surface area (Å²) in [6.45, 7) is 0. The summed E-state index contributed by atoms with van der Waals surface area (Å²) in [5, 5.41) is -3.13. The second kappa shape index (κ2) is 11.9. The molecule has 4 aromatic rings. The molecule has 0 radical (unpaired) electrons. The molecule has 6 rings (SSSR count). The van der Waals surface area contributed by atoms with E-state index in [1.165, 1.54) is 60.7 Å². The minimum atomic E-state index is -4.17. The van der Waals surface area contributed by atoms with Crippen LogP contribution in [0, 0.1) is 0 Å². The fourth-order valence-corrected chi connectivity index (χ4v) is 9.16. The van der Waals surface area contributed by atoms with Crippen molar-refractivity contribution in [2.75, 3.05) is 0 Å². The Labute approximate surface area is 262 Å². The molecule has 0 aromatic heterocycles. The van der Waals surface area contributed by atoms with Crippen molar-refractivity contribution >= 4 is 31.2 Å². The van der Waals surface area contributed by atoms with E-state index in [0.717, 1.165) is 0 Å². The zero-order valence-corrected chi connectivity index (χ0v) is 25.6. The predicted molar refractivity (Wildman–Crippen MR) is 173 cm³/mol. The van der Waals surface area contributed by atoms with E-state index in [2.05, 4.69) is 0 Å². The molecule has 2 unspecified atom stereocenters. The van der Waals surface area contributed by atoms with E-state index in [4.69, 9.17) is 0 Å². The molecule has 0 N–H and O–H groups in total. The first-order chi connectivity index (χ1) is 21.7. The van der Waals surface area contributed by atoms with E-state index >= 15 is 0 Å². The number of allylic oxidation sites excluding steroid dienone is 6. The highest BCUT2D eigenvalue weighted by molar-refractivity contribution is 7.93. The third-order valence-corrected chi connectivity index (χ3v) is 12.1. The molecule has 0 bridgehead atoms. The average Bonchev–Trinajstić information content (AvgIpc) is 3.08. The molecule has 0 saturated carbocycles. The third kappa shape index (κ3) is 5.06. The van der Waals surface area contributed by atoms with Crippen LogP contribution in [-0.2, 0) is 34.7 Å². The van der Waals surface area contributed by atoms with Crippen LogP contribution in [0.15, 0.2) is 179 Å². The summed E-state index contributed by atoms with van der Waals surface area (Å²) in [7, 11) is -8.35. The van der Waals surface area contributed by atoms with Gasteiger partial charge in [0.2, 0.25) is 0 Å². The van der Waals surface area contributed by atoms with E-state index in [-0.39, 0.29) is 20.9 Å². The number of carbonyl (C=O) groups is 2. The average molecular weight is 633 g/mol. The minimum Gasteiger partial charge on any atom is -0.293 e. The van der Waals surface area contributed by atoms with Gasteiger partial charge in [-0.2, -0.15) is 0 Å².